The second kappa shape index (κ2) is 8.99. The summed E-state index contributed by atoms with van der Waals surface area (Å²) in [6, 6.07) is 9.70. The van der Waals surface area contributed by atoms with E-state index >= 15 is 0 Å². The molecule has 1 aliphatic heterocycles. The van der Waals surface area contributed by atoms with Crippen LogP contribution in [-0.2, 0) is 37.8 Å². The number of sulfonamides is 2. The Bertz CT molecular complexity index is 1150. The Morgan fingerprint density at radius 3 is 2.32 bits per heavy atom. The number of rotatable bonds is 9. The molecular formula is C20H25N3O5S3. The first kappa shape index (κ1) is 22.4. The molecule has 1 saturated heterocycles. The largest absolute Gasteiger partial charge is 0.352 e. The van der Waals surface area contributed by atoms with Gasteiger partial charge in [-0.25, -0.2) is 21.6 Å². The lowest BCUT2D eigenvalue weighted by Crippen LogP contribution is -2.27. The van der Waals surface area contributed by atoms with Crippen molar-refractivity contribution >= 4 is 37.3 Å². The van der Waals surface area contributed by atoms with E-state index in [4.69, 9.17) is 0 Å². The molecule has 0 atom stereocenters. The molecule has 8 nitrogen and oxygen atoms in total. The number of thiophene rings is 1. The minimum absolute atomic E-state index is 0.0482. The highest BCUT2D eigenvalue weighted by molar-refractivity contribution is 7.91. The number of nitrogens with one attached hydrogen (secondary N) is 2. The van der Waals surface area contributed by atoms with Gasteiger partial charge in [0.25, 0.3) is 10.0 Å². The SMILES string of the molecule is O=C(Cc1ccc(S(=O)(=O)N2CCCC2)s1)NCc1ccc(S(=O)(=O)NC2CC2)cc1. The highest BCUT2D eigenvalue weighted by Gasteiger charge is 2.29. The summed E-state index contributed by atoms with van der Waals surface area (Å²) in [5.41, 5.74) is 0.780. The molecule has 0 unspecified atom stereocenters. The first-order valence-electron chi connectivity index (χ1n) is 10.2. The zero-order valence-electron chi connectivity index (χ0n) is 16.9. The Morgan fingerprint density at radius 1 is 1.00 bits per heavy atom. The Kier molecular flexibility index (Phi) is 6.50. The van der Waals surface area contributed by atoms with Gasteiger partial charge in [0.05, 0.1) is 11.3 Å². The summed E-state index contributed by atoms with van der Waals surface area (Å²) >= 11 is 1.13. The summed E-state index contributed by atoms with van der Waals surface area (Å²) in [5, 5.41) is 2.79. The van der Waals surface area contributed by atoms with E-state index in [2.05, 4.69) is 10.0 Å². The van der Waals surface area contributed by atoms with E-state index in [9.17, 15) is 21.6 Å². The van der Waals surface area contributed by atoms with Gasteiger partial charge in [0.1, 0.15) is 4.21 Å². The second-order valence-electron chi connectivity index (χ2n) is 7.82. The van der Waals surface area contributed by atoms with E-state index < -0.39 is 20.0 Å². The van der Waals surface area contributed by atoms with E-state index in [1.54, 1.807) is 24.3 Å². The summed E-state index contributed by atoms with van der Waals surface area (Å²) in [7, 11) is -6.95. The van der Waals surface area contributed by atoms with Crippen molar-refractivity contribution in [2.75, 3.05) is 13.1 Å². The standard InChI is InChI=1S/C20H25N3O5S3/c24-19(13-17-7-10-20(29-17)31(27,28)23-11-1-2-12-23)21-14-15-3-8-18(9-4-15)30(25,26)22-16-5-6-16/h3-4,7-10,16,22H,1-2,5-6,11-14H2,(H,21,24). The number of amides is 1. The third-order valence-corrected chi connectivity index (χ3v) is 10.2. The minimum Gasteiger partial charge on any atom is -0.352 e. The van der Waals surface area contributed by atoms with Crippen LogP contribution in [0.1, 0.15) is 36.1 Å². The molecule has 2 aliphatic rings. The first-order chi connectivity index (χ1) is 14.7. The predicted molar refractivity (Wildman–Crippen MR) is 118 cm³/mol. The fourth-order valence-electron chi connectivity index (χ4n) is 3.34. The molecule has 2 heterocycles. The van der Waals surface area contributed by atoms with Gasteiger partial charge in [-0.1, -0.05) is 12.1 Å². The van der Waals surface area contributed by atoms with Crippen molar-refractivity contribution in [2.24, 2.45) is 0 Å². The number of carbonyl (C=O) groups excluding carboxylic acids is 1. The molecule has 31 heavy (non-hydrogen) atoms. The van der Waals surface area contributed by atoms with Crippen LogP contribution in [0.5, 0.6) is 0 Å². The monoisotopic (exact) mass is 483 g/mol. The van der Waals surface area contributed by atoms with Crippen LogP contribution in [0, 0.1) is 0 Å². The van der Waals surface area contributed by atoms with Crippen LogP contribution in [0.2, 0.25) is 0 Å². The number of hydrogen-bond acceptors (Lipinski definition) is 6. The zero-order chi connectivity index (χ0) is 22.1. The van der Waals surface area contributed by atoms with E-state index in [1.807, 2.05) is 0 Å². The average molecular weight is 484 g/mol. The Morgan fingerprint density at radius 2 is 1.68 bits per heavy atom. The van der Waals surface area contributed by atoms with E-state index in [0.29, 0.717) is 18.0 Å². The second-order valence-corrected chi connectivity index (χ2v) is 12.9. The topological polar surface area (TPSA) is 113 Å². The highest BCUT2D eigenvalue weighted by Crippen LogP contribution is 2.27. The molecule has 11 heteroatoms. The molecule has 168 valence electrons. The number of nitrogens with zero attached hydrogens (tertiary/aromatic N) is 1. The van der Waals surface area contributed by atoms with E-state index in [0.717, 1.165) is 42.6 Å². The predicted octanol–water partition coefficient (Wildman–Crippen LogP) is 1.83. The molecular weight excluding hydrogens is 458 g/mol. The van der Waals surface area contributed by atoms with Gasteiger partial charge in [-0.15, -0.1) is 11.3 Å². The first-order valence-corrected chi connectivity index (χ1v) is 13.9. The summed E-state index contributed by atoms with van der Waals surface area (Å²) < 4.78 is 54.0. The molecule has 2 fully saturated rings. The van der Waals surface area contributed by atoms with E-state index in [1.165, 1.54) is 16.4 Å². The molecule has 4 rings (SSSR count). The molecule has 1 aromatic heterocycles. The summed E-state index contributed by atoms with van der Waals surface area (Å²) in [6.07, 6.45) is 3.60. The van der Waals surface area contributed by atoms with Crippen LogP contribution in [0.25, 0.3) is 0 Å². The van der Waals surface area contributed by atoms with Gasteiger partial charge >= 0.3 is 0 Å². The maximum absolute atomic E-state index is 12.6. The molecule has 0 bridgehead atoms. The smallest absolute Gasteiger partial charge is 0.252 e. The van der Waals surface area contributed by atoms with Crippen molar-refractivity contribution in [1.29, 1.82) is 0 Å². The molecule has 1 aromatic carbocycles. The molecule has 2 N–H and O–H groups in total. The van der Waals surface area contributed by atoms with Gasteiger partial charge in [0.15, 0.2) is 0 Å². The van der Waals surface area contributed by atoms with Crippen LogP contribution < -0.4 is 10.0 Å². The minimum atomic E-state index is -3.49. The van der Waals surface area contributed by atoms with E-state index in [-0.39, 0.29) is 34.0 Å². The van der Waals surface area contributed by atoms with Gasteiger partial charge in [-0.3, -0.25) is 4.79 Å². The molecule has 2 aromatic rings. The molecule has 1 amide bonds. The third kappa shape index (κ3) is 5.53. The van der Waals surface area contributed by atoms with Crippen LogP contribution in [-0.4, -0.2) is 46.2 Å². The lowest BCUT2D eigenvalue weighted by molar-refractivity contribution is -0.120. The quantitative estimate of drug-likeness (QED) is 0.565. The molecule has 1 aliphatic carbocycles. The van der Waals surface area contributed by atoms with Crippen LogP contribution in [0.3, 0.4) is 0 Å². The van der Waals surface area contributed by atoms with Crippen LogP contribution in [0.4, 0.5) is 0 Å². The highest BCUT2D eigenvalue weighted by atomic mass is 32.2. The van der Waals surface area contributed by atoms with Gasteiger partial charge in [-0.05, 0) is 55.5 Å². The number of carbonyl (C=O) groups is 1. The van der Waals surface area contributed by atoms with Gasteiger partial charge in [0, 0.05) is 30.6 Å². The number of hydrogen-bond donors (Lipinski definition) is 2. The Balaban J connectivity index is 1.30. The van der Waals surface area contributed by atoms with Crippen molar-refractivity contribution in [3.8, 4) is 0 Å². The molecule has 1 saturated carbocycles. The normalized spacial score (nSPS) is 17.7. The summed E-state index contributed by atoms with van der Waals surface area (Å²) in [4.78, 5) is 13.2. The third-order valence-electron chi connectivity index (χ3n) is 5.25. The zero-order valence-corrected chi connectivity index (χ0v) is 19.4. The van der Waals surface area contributed by atoms with Gasteiger partial charge in [0.2, 0.25) is 15.9 Å². The van der Waals surface area contributed by atoms with Crippen molar-refractivity contribution in [1.82, 2.24) is 14.3 Å². The van der Waals surface area contributed by atoms with Crippen LogP contribution in [0.15, 0.2) is 45.5 Å². The van der Waals surface area contributed by atoms with Crippen molar-refractivity contribution in [3.63, 3.8) is 0 Å². The maximum Gasteiger partial charge on any atom is 0.252 e. The number of benzene rings is 1. The summed E-state index contributed by atoms with van der Waals surface area (Å²) in [5.74, 6) is -0.223. The van der Waals surface area contributed by atoms with Crippen molar-refractivity contribution in [3.05, 3.63) is 46.8 Å². The molecule has 0 spiro atoms. The fourth-order valence-corrected chi connectivity index (χ4v) is 7.67. The summed E-state index contributed by atoms with van der Waals surface area (Å²) in [6.45, 7) is 1.36. The van der Waals surface area contributed by atoms with Crippen molar-refractivity contribution < 1.29 is 21.6 Å². The van der Waals surface area contributed by atoms with Crippen molar-refractivity contribution in [2.45, 2.75) is 53.8 Å². The molecule has 0 radical (unpaired) electrons. The van der Waals surface area contributed by atoms with Gasteiger partial charge < -0.3 is 5.32 Å². The fraction of sp³-hybridized carbons (Fsp3) is 0.450. The average Bonchev–Trinajstić information content (AvgIpc) is 3.19. The lowest BCUT2D eigenvalue weighted by Gasteiger charge is -2.13. The maximum atomic E-state index is 12.6. The Labute approximate surface area is 186 Å². The Hall–Kier alpha value is -1.79. The van der Waals surface area contributed by atoms with Crippen LogP contribution >= 0.6 is 11.3 Å². The lowest BCUT2D eigenvalue weighted by atomic mass is 10.2. The van der Waals surface area contributed by atoms with Gasteiger partial charge in [-0.2, -0.15) is 4.31 Å².